The van der Waals surface area contributed by atoms with Gasteiger partial charge in [-0.05, 0) is 31.7 Å². The van der Waals surface area contributed by atoms with Crippen LogP contribution in [-0.4, -0.2) is 72.8 Å². The van der Waals surface area contributed by atoms with E-state index in [0.29, 0.717) is 25.0 Å². The molecule has 2 amide bonds. The van der Waals surface area contributed by atoms with Crippen molar-refractivity contribution in [2.24, 2.45) is 5.41 Å². The van der Waals surface area contributed by atoms with Crippen LogP contribution < -0.4 is 4.74 Å². The lowest BCUT2D eigenvalue weighted by Gasteiger charge is -2.59. The van der Waals surface area contributed by atoms with E-state index >= 15 is 0 Å². The van der Waals surface area contributed by atoms with Gasteiger partial charge in [0.2, 0.25) is 0 Å². The molecule has 4 fully saturated rings. The number of halogens is 3. The van der Waals surface area contributed by atoms with Gasteiger partial charge in [0.1, 0.15) is 12.4 Å². The van der Waals surface area contributed by atoms with Gasteiger partial charge >= 0.3 is 18.2 Å². The molecule has 2 aliphatic heterocycles. The van der Waals surface area contributed by atoms with Crippen LogP contribution in [0, 0.1) is 5.41 Å². The summed E-state index contributed by atoms with van der Waals surface area (Å²) in [4.78, 5) is 27.7. The molecule has 2 aromatic rings. The third-order valence-corrected chi connectivity index (χ3v) is 6.82. The summed E-state index contributed by atoms with van der Waals surface area (Å²) in [6, 6.07) is 0.781. The molecule has 0 bridgehead atoms. The molecule has 0 atom stereocenters. The summed E-state index contributed by atoms with van der Waals surface area (Å²) in [5, 5.41) is 4.61. The van der Waals surface area contributed by atoms with Crippen LogP contribution in [0.3, 0.4) is 0 Å². The Morgan fingerprint density at radius 3 is 2.56 bits per heavy atom. The maximum atomic E-state index is 12.7. The van der Waals surface area contributed by atoms with Crippen LogP contribution >= 0.6 is 0 Å². The molecule has 0 aromatic carbocycles. The molecule has 2 saturated carbocycles. The van der Waals surface area contributed by atoms with Crippen LogP contribution in [0.5, 0.6) is 6.01 Å². The van der Waals surface area contributed by atoms with Gasteiger partial charge in [0.05, 0.1) is 19.1 Å². The first kappa shape index (κ1) is 19.7. The molecule has 0 N–H and O–H groups in total. The Morgan fingerprint density at radius 1 is 1.12 bits per heavy atom. The summed E-state index contributed by atoms with van der Waals surface area (Å²) in [5.41, 5.74) is -0.868. The third-order valence-electron chi connectivity index (χ3n) is 6.82. The van der Waals surface area contributed by atoms with Crippen LogP contribution in [0.1, 0.15) is 49.2 Å². The number of amides is 2. The Kier molecular flexibility index (Phi) is 4.19. The third kappa shape index (κ3) is 3.45. The molecule has 4 heterocycles. The molecule has 0 unspecified atom stereocenters. The van der Waals surface area contributed by atoms with E-state index in [-0.39, 0.29) is 17.5 Å². The van der Waals surface area contributed by atoms with Crippen molar-refractivity contribution >= 4 is 6.03 Å². The number of carbonyl (C=O) groups excluding carboxylic acids is 1. The van der Waals surface area contributed by atoms with Crippen molar-refractivity contribution in [1.29, 1.82) is 0 Å². The molecule has 4 aliphatic rings. The fourth-order valence-electron chi connectivity index (χ4n) is 4.85. The summed E-state index contributed by atoms with van der Waals surface area (Å²) >= 11 is 0. The zero-order valence-electron chi connectivity index (χ0n) is 17.2. The minimum absolute atomic E-state index is 0.0549. The van der Waals surface area contributed by atoms with E-state index in [1.54, 1.807) is 4.90 Å². The standard InChI is InChI=1S/C20H22F3N7O2/c21-20(22,23)15-3-4-24-17(26-15)32-14-7-28(8-14)18(31)29-9-19(10-29)5-13(6-19)30-11-25-16(27-30)12-1-2-12/h3-4,11-14H,1-2,5-10H2. The molecule has 2 aromatic heterocycles. The second kappa shape index (κ2) is 6.79. The highest BCUT2D eigenvalue weighted by Gasteiger charge is 2.55. The summed E-state index contributed by atoms with van der Waals surface area (Å²) in [5.74, 6) is 1.51. The quantitative estimate of drug-likeness (QED) is 0.713. The highest BCUT2D eigenvalue weighted by molar-refractivity contribution is 5.76. The number of urea groups is 1. The van der Waals surface area contributed by atoms with E-state index in [2.05, 4.69) is 20.1 Å². The number of hydrogen-bond donors (Lipinski definition) is 0. The van der Waals surface area contributed by atoms with E-state index < -0.39 is 18.0 Å². The molecule has 2 saturated heterocycles. The van der Waals surface area contributed by atoms with E-state index in [0.717, 1.165) is 44.0 Å². The van der Waals surface area contributed by atoms with E-state index in [4.69, 9.17) is 4.74 Å². The van der Waals surface area contributed by atoms with Crippen molar-refractivity contribution in [2.75, 3.05) is 26.2 Å². The number of alkyl halides is 3. The Labute approximate surface area is 181 Å². The van der Waals surface area contributed by atoms with Crippen molar-refractivity contribution < 1.29 is 22.7 Å². The largest absolute Gasteiger partial charge is 0.456 e. The summed E-state index contributed by atoms with van der Waals surface area (Å²) in [7, 11) is 0. The second-order valence-corrected chi connectivity index (χ2v) is 9.42. The van der Waals surface area contributed by atoms with E-state index in [1.165, 1.54) is 12.8 Å². The van der Waals surface area contributed by atoms with Crippen molar-refractivity contribution in [1.82, 2.24) is 34.5 Å². The smallest absolute Gasteiger partial charge is 0.433 e. The Hall–Kier alpha value is -2.92. The molecule has 6 rings (SSSR count). The van der Waals surface area contributed by atoms with Gasteiger partial charge in [-0.1, -0.05) is 0 Å². The van der Waals surface area contributed by atoms with Gasteiger partial charge < -0.3 is 14.5 Å². The SMILES string of the molecule is O=C(N1CC(Oc2nccc(C(F)(F)F)n2)C1)N1CC2(CC(n3cnc(C4CC4)n3)C2)C1. The summed E-state index contributed by atoms with van der Waals surface area (Å²) in [6.07, 6.45) is 2.27. The van der Waals surface area contributed by atoms with Gasteiger partial charge in [0, 0.05) is 30.6 Å². The van der Waals surface area contributed by atoms with Crippen LogP contribution in [0.4, 0.5) is 18.0 Å². The van der Waals surface area contributed by atoms with Gasteiger partial charge in [-0.25, -0.2) is 19.4 Å². The topological polar surface area (TPSA) is 89.3 Å². The number of aromatic nitrogens is 5. The van der Waals surface area contributed by atoms with E-state index in [9.17, 15) is 18.0 Å². The number of likely N-dealkylation sites (tertiary alicyclic amines) is 2. The number of ether oxygens (including phenoxy) is 1. The van der Waals surface area contributed by atoms with Gasteiger partial charge in [-0.3, -0.25) is 0 Å². The van der Waals surface area contributed by atoms with Crippen molar-refractivity contribution in [3.8, 4) is 6.01 Å². The monoisotopic (exact) mass is 449 g/mol. The maximum Gasteiger partial charge on any atom is 0.433 e. The fraction of sp³-hybridized carbons (Fsp3) is 0.650. The molecule has 170 valence electrons. The summed E-state index contributed by atoms with van der Waals surface area (Å²) < 4.78 is 45.6. The van der Waals surface area contributed by atoms with Gasteiger partial charge in [0.15, 0.2) is 11.5 Å². The highest BCUT2D eigenvalue weighted by Crippen LogP contribution is 2.54. The molecular formula is C20H22F3N7O2. The minimum atomic E-state index is -4.55. The molecule has 2 aliphatic carbocycles. The average Bonchev–Trinajstić information content (AvgIpc) is 3.39. The Balaban J connectivity index is 0.954. The van der Waals surface area contributed by atoms with E-state index in [1.807, 2.05) is 15.9 Å². The fourth-order valence-corrected chi connectivity index (χ4v) is 4.85. The maximum absolute atomic E-state index is 12.7. The number of nitrogens with zero attached hydrogens (tertiary/aromatic N) is 7. The second-order valence-electron chi connectivity index (χ2n) is 9.42. The van der Waals surface area contributed by atoms with Gasteiger partial charge in [0.25, 0.3) is 0 Å². The number of carbonyl (C=O) groups is 1. The number of rotatable bonds is 4. The normalized spacial score (nSPS) is 23.0. The van der Waals surface area contributed by atoms with Crippen molar-refractivity contribution in [3.05, 3.63) is 30.1 Å². The Morgan fingerprint density at radius 2 is 1.88 bits per heavy atom. The highest BCUT2D eigenvalue weighted by atomic mass is 19.4. The molecule has 1 spiro atoms. The lowest BCUT2D eigenvalue weighted by Crippen LogP contribution is -2.69. The van der Waals surface area contributed by atoms with Crippen molar-refractivity contribution in [2.45, 2.75) is 49.9 Å². The zero-order valence-corrected chi connectivity index (χ0v) is 17.2. The minimum Gasteiger partial charge on any atom is -0.456 e. The zero-order chi connectivity index (χ0) is 22.1. The molecule has 12 heteroatoms. The lowest BCUT2D eigenvalue weighted by atomic mass is 9.61. The molecule has 0 radical (unpaired) electrons. The van der Waals surface area contributed by atoms with Gasteiger partial charge in [-0.2, -0.15) is 23.3 Å². The lowest BCUT2D eigenvalue weighted by molar-refractivity contribution is -0.141. The first-order chi connectivity index (χ1) is 15.3. The molecular weight excluding hydrogens is 427 g/mol. The van der Waals surface area contributed by atoms with Crippen LogP contribution in [0.2, 0.25) is 0 Å². The molecule has 9 nitrogen and oxygen atoms in total. The summed E-state index contributed by atoms with van der Waals surface area (Å²) in [6.45, 7) is 2.08. The van der Waals surface area contributed by atoms with Crippen LogP contribution in [-0.2, 0) is 6.18 Å². The predicted molar refractivity (Wildman–Crippen MR) is 103 cm³/mol. The van der Waals surface area contributed by atoms with Crippen LogP contribution in [0.25, 0.3) is 0 Å². The Bertz CT molecular complexity index is 1030. The number of hydrogen-bond acceptors (Lipinski definition) is 6. The average molecular weight is 449 g/mol. The van der Waals surface area contributed by atoms with Crippen molar-refractivity contribution in [3.63, 3.8) is 0 Å². The molecule has 32 heavy (non-hydrogen) atoms. The first-order valence-electron chi connectivity index (χ1n) is 10.8. The van der Waals surface area contributed by atoms with Crippen LogP contribution in [0.15, 0.2) is 18.6 Å². The first-order valence-corrected chi connectivity index (χ1v) is 10.8. The van der Waals surface area contributed by atoms with Gasteiger partial charge in [-0.15, -0.1) is 0 Å². The predicted octanol–water partition coefficient (Wildman–Crippen LogP) is 2.48.